The van der Waals surface area contributed by atoms with Crippen molar-refractivity contribution in [3.8, 4) is 0 Å². The Morgan fingerprint density at radius 2 is 2.07 bits per heavy atom. The number of benzene rings is 1. The molecule has 3 rings (SSSR count). The molecule has 0 unspecified atom stereocenters. The Kier molecular flexibility index (Phi) is 6.45. The van der Waals surface area contributed by atoms with Crippen LogP contribution in [0, 0.1) is 13.8 Å². The monoisotopic (exact) mass is 384 g/mol. The van der Waals surface area contributed by atoms with E-state index in [1.54, 1.807) is 11.3 Å². The van der Waals surface area contributed by atoms with Gasteiger partial charge >= 0.3 is 0 Å². The predicted molar refractivity (Wildman–Crippen MR) is 113 cm³/mol. The van der Waals surface area contributed by atoms with Gasteiger partial charge in [0.2, 0.25) is 0 Å². The summed E-state index contributed by atoms with van der Waals surface area (Å²) in [5.74, 6) is 1.98. The quantitative estimate of drug-likeness (QED) is 0.384. The van der Waals surface area contributed by atoms with Crippen molar-refractivity contribution in [2.24, 2.45) is 4.99 Å². The van der Waals surface area contributed by atoms with Gasteiger partial charge < -0.3 is 14.8 Å². The molecule has 0 aliphatic rings. The maximum Gasteiger partial charge on any atom is 0.194 e. The van der Waals surface area contributed by atoms with Crippen LogP contribution in [0.25, 0.3) is 11.0 Å². The first-order chi connectivity index (χ1) is 13.1. The molecule has 1 N–H and O–H groups in total. The molecule has 0 amide bonds. The van der Waals surface area contributed by atoms with Gasteiger partial charge in [-0.1, -0.05) is 12.1 Å². The van der Waals surface area contributed by atoms with Crippen LogP contribution in [0.1, 0.15) is 29.9 Å². The molecule has 0 saturated heterocycles. The molecule has 2 heterocycles. The highest BCUT2D eigenvalue weighted by Crippen LogP contribution is 2.16. The minimum atomic E-state index is 0.765. The highest BCUT2D eigenvalue weighted by atomic mass is 32.1. The van der Waals surface area contributed by atoms with Gasteiger partial charge in [0.1, 0.15) is 5.82 Å². The van der Waals surface area contributed by atoms with Crippen LogP contribution in [0.4, 0.5) is 0 Å². The Morgan fingerprint density at radius 3 is 2.81 bits per heavy atom. The lowest BCUT2D eigenvalue weighted by Gasteiger charge is -2.21. The lowest BCUT2D eigenvalue weighted by atomic mass is 10.3. The number of guanidine groups is 1. The molecule has 3 aromatic rings. The molecular weight excluding hydrogens is 356 g/mol. The van der Waals surface area contributed by atoms with E-state index in [1.165, 1.54) is 5.52 Å². The van der Waals surface area contributed by atoms with Crippen LogP contribution in [-0.2, 0) is 13.1 Å². The predicted octanol–water partition coefficient (Wildman–Crippen LogP) is 3.60. The topological polar surface area (TPSA) is 58.3 Å². The van der Waals surface area contributed by atoms with Gasteiger partial charge in [0.25, 0.3) is 0 Å². The van der Waals surface area contributed by atoms with Crippen LogP contribution < -0.4 is 5.32 Å². The lowest BCUT2D eigenvalue weighted by molar-refractivity contribution is 0.470. The number of imidazole rings is 1. The van der Waals surface area contributed by atoms with Gasteiger partial charge in [-0.15, -0.1) is 11.3 Å². The maximum absolute atomic E-state index is 4.80. The van der Waals surface area contributed by atoms with Gasteiger partial charge in [-0.2, -0.15) is 0 Å². The number of hydrogen-bond donors (Lipinski definition) is 1. The summed E-state index contributed by atoms with van der Waals surface area (Å²) in [7, 11) is 2.06. The summed E-state index contributed by atoms with van der Waals surface area (Å²) in [6, 6.07) is 8.30. The number of hydrogen-bond acceptors (Lipinski definition) is 4. The zero-order valence-corrected chi connectivity index (χ0v) is 17.4. The standard InChI is InChI=1S/C20H28N6S/c1-5-21-20(25(4)13-17-14-27-16(3)24-17)22-11-8-12-26-15(2)23-18-9-6-7-10-19(18)26/h6-7,9-10,14H,5,8,11-13H2,1-4H3,(H,21,22). The minimum Gasteiger partial charge on any atom is -0.357 e. The number of nitrogens with zero attached hydrogens (tertiary/aromatic N) is 5. The summed E-state index contributed by atoms with van der Waals surface area (Å²) >= 11 is 1.69. The molecule has 0 radical (unpaired) electrons. The second-order valence-corrected chi connectivity index (χ2v) is 7.66. The third-order valence-corrected chi connectivity index (χ3v) is 5.23. The fraction of sp³-hybridized carbons (Fsp3) is 0.450. The van der Waals surface area contributed by atoms with Gasteiger partial charge in [-0.3, -0.25) is 4.99 Å². The van der Waals surface area contributed by atoms with E-state index >= 15 is 0 Å². The largest absolute Gasteiger partial charge is 0.357 e. The van der Waals surface area contributed by atoms with E-state index in [0.717, 1.165) is 60.6 Å². The Balaban J connectivity index is 1.60. The van der Waals surface area contributed by atoms with E-state index < -0.39 is 0 Å². The van der Waals surface area contributed by atoms with Crippen molar-refractivity contribution in [2.45, 2.75) is 40.3 Å². The van der Waals surface area contributed by atoms with E-state index in [9.17, 15) is 0 Å². The summed E-state index contributed by atoms with van der Waals surface area (Å²) in [6.07, 6.45) is 0.972. The van der Waals surface area contributed by atoms with Gasteiger partial charge in [-0.25, -0.2) is 9.97 Å². The van der Waals surface area contributed by atoms with Crippen LogP contribution in [0.5, 0.6) is 0 Å². The second kappa shape index (κ2) is 8.99. The number of fused-ring (bicyclic) bond motifs is 1. The molecule has 1 aromatic carbocycles. The van der Waals surface area contributed by atoms with Gasteiger partial charge in [0.05, 0.1) is 28.3 Å². The maximum atomic E-state index is 4.80. The van der Waals surface area contributed by atoms with E-state index in [2.05, 4.69) is 69.2 Å². The molecule has 2 aromatic heterocycles. The summed E-state index contributed by atoms with van der Waals surface area (Å²) < 4.78 is 2.28. The fourth-order valence-corrected chi connectivity index (χ4v) is 3.76. The number of aromatic nitrogens is 3. The van der Waals surface area contributed by atoms with Crippen molar-refractivity contribution in [2.75, 3.05) is 20.1 Å². The van der Waals surface area contributed by atoms with Crippen molar-refractivity contribution in [1.82, 2.24) is 24.8 Å². The van der Waals surface area contributed by atoms with Crippen LogP contribution in [0.15, 0.2) is 34.6 Å². The highest BCUT2D eigenvalue weighted by molar-refractivity contribution is 7.09. The third-order valence-electron chi connectivity index (χ3n) is 4.41. The average Bonchev–Trinajstić information content (AvgIpc) is 3.20. The molecule has 0 spiro atoms. The smallest absolute Gasteiger partial charge is 0.194 e. The van der Waals surface area contributed by atoms with Crippen molar-refractivity contribution in [3.63, 3.8) is 0 Å². The van der Waals surface area contributed by atoms with Crippen LogP contribution >= 0.6 is 11.3 Å². The minimum absolute atomic E-state index is 0.765. The van der Waals surface area contributed by atoms with Crippen molar-refractivity contribution >= 4 is 28.3 Å². The van der Waals surface area contributed by atoms with E-state index in [-0.39, 0.29) is 0 Å². The Hall–Kier alpha value is -2.41. The zero-order chi connectivity index (χ0) is 19.2. The number of thiazole rings is 1. The third kappa shape index (κ3) is 4.86. The average molecular weight is 385 g/mol. The molecule has 0 aliphatic carbocycles. The first-order valence-corrected chi connectivity index (χ1v) is 10.3. The van der Waals surface area contributed by atoms with Crippen LogP contribution in [0.2, 0.25) is 0 Å². The molecule has 0 fully saturated rings. The van der Waals surface area contributed by atoms with Crippen LogP contribution in [0.3, 0.4) is 0 Å². The van der Waals surface area contributed by atoms with Crippen molar-refractivity contribution in [3.05, 3.63) is 46.2 Å². The normalized spacial score (nSPS) is 11.9. The molecule has 27 heavy (non-hydrogen) atoms. The molecule has 0 saturated carbocycles. The first-order valence-electron chi connectivity index (χ1n) is 9.40. The summed E-state index contributed by atoms with van der Waals surface area (Å²) in [5, 5.41) is 6.59. The highest BCUT2D eigenvalue weighted by Gasteiger charge is 2.09. The van der Waals surface area contributed by atoms with E-state index in [1.807, 2.05) is 13.0 Å². The molecule has 0 aliphatic heterocycles. The molecule has 7 heteroatoms. The molecule has 6 nitrogen and oxygen atoms in total. The van der Waals surface area contributed by atoms with Crippen LogP contribution in [-0.4, -0.2) is 45.5 Å². The Labute approximate surface area is 165 Å². The Morgan fingerprint density at radius 1 is 1.26 bits per heavy atom. The number of aryl methyl sites for hydroxylation is 3. The first kappa shape index (κ1) is 19.4. The molecular formula is C20H28N6S. The van der Waals surface area contributed by atoms with Gasteiger partial charge in [0.15, 0.2) is 5.96 Å². The van der Waals surface area contributed by atoms with E-state index in [0.29, 0.717) is 0 Å². The molecule has 0 bridgehead atoms. The zero-order valence-electron chi connectivity index (χ0n) is 16.6. The summed E-state index contributed by atoms with van der Waals surface area (Å²) in [5.41, 5.74) is 3.35. The number of rotatable bonds is 7. The molecule has 0 atom stereocenters. The number of nitrogens with one attached hydrogen (secondary N) is 1. The van der Waals surface area contributed by atoms with Crippen molar-refractivity contribution < 1.29 is 0 Å². The fourth-order valence-electron chi connectivity index (χ4n) is 3.16. The Bertz CT molecular complexity index is 910. The van der Waals surface area contributed by atoms with E-state index in [4.69, 9.17) is 4.99 Å². The summed E-state index contributed by atoms with van der Waals surface area (Å²) in [6.45, 7) is 9.51. The summed E-state index contributed by atoms with van der Waals surface area (Å²) in [4.78, 5) is 16.1. The SMILES string of the molecule is CCNC(=NCCCn1c(C)nc2ccccc21)N(C)Cc1csc(C)n1. The number of para-hydroxylation sites is 2. The van der Waals surface area contributed by atoms with Gasteiger partial charge in [-0.05, 0) is 39.3 Å². The number of aliphatic imine (C=N–C) groups is 1. The lowest BCUT2D eigenvalue weighted by Crippen LogP contribution is -2.38. The van der Waals surface area contributed by atoms with Crippen molar-refractivity contribution in [1.29, 1.82) is 0 Å². The van der Waals surface area contributed by atoms with Gasteiger partial charge in [0, 0.05) is 32.1 Å². The molecule has 144 valence electrons. The second-order valence-electron chi connectivity index (χ2n) is 6.60.